The number of carbonyl (C=O) groups excluding carboxylic acids is 1. The molecule has 0 aromatic heterocycles. The average molecular weight is 211 g/mol. The van der Waals surface area contributed by atoms with Gasteiger partial charge in [0.2, 0.25) is 0 Å². The molecule has 1 rings (SSSR count). The van der Waals surface area contributed by atoms with Crippen LogP contribution < -0.4 is 0 Å². The van der Waals surface area contributed by atoms with E-state index >= 15 is 0 Å². The first kappa shape index (κ1) is 12.2. The number of hydrogen-bond acceptors (Lipinski definition) is 3. The van der Waals surface area contributed by atoms with Crippen LogP contribution >= 0.6 is 0 Å². The summed E-state index contributed by atoms with van der Waals surface area (Å²) in [6.45, 7) is 7.62. The lowest BCUT2D eigenvalue weighted by Crippen LogP contribution is -2.35. The van der Waals surface area contributed by atoms with Gasteiger partial charge in [-0.15, -0.1) is 0 Å². The number of likely N-dealkylation sites (tertiary alicyclic amines) is 1. The maximum atomic E-state index is 11.7. The maximum Gasteiger partial charge on any atom is 0.154 e. The molecule has 1 fully saturated rings. The molecule has 0 aromatic rings. The first-order valence-electron chi connectivity index (χ1n) is 5.66. The SMILES string of the molecule is C=C(CCOC)N1CCCC1C(=O)CC. The first-order chi connectivity index (χ1) is 7.20. The number of ether oxygens (including phenoxy) is 1. The second-order valence-corrected chi connectivity index (χ2v) is 3.98. The van der Waals surface area contributed by atoms with Gasteiger partial charge < -0.3 is 9.64 Å². The molecule has 1 heterocycles. The summed E-state index contributed by atoms with van der Waals surface area (Å²) in [7, 11) is 1.69. The van der Waals surface area contributed by atoms with E-state index in [1.807, 2.05) is 6.92 Å². The molecule has 1 atom stereocenters. The van der Waals surface area contributed by atoms with Crippen LogP contribution in [0.25, 0.3) is 0 Å². The van der Waals surface area contributed by atoms with Crippen molar-refractivity contribution in [3.63, 3.8) is 0 Å². The topological polar surface area (TPSA) is 29.5 Å². The molecule has 0 amide bonds. The quantitative estimate of drug-likeness (QED) is 0.673. The van der Waals surface area contributed by atoms with E-state index in [2.05, 4.69) is 11.5 Å². The summed E-state index contributed by atoms with van der Waals surface area (Å²) in [5.41, 5.74) is 1.04. The van der Waals surface area contributed by atoms with Gasteiger partial charge in [0.25, 0.3) is 0 Å². The monoisotopic (exact) mass is 211 g/mol. The smallest absolute Gasteiger partial charge is 0.154 e. The van der Waals surface area contributed by atoms with Crippen molar-refractivity contribution >= 4 is 5.78 Å². The molecule has 0 radical (unpaired) electrons. The van der Waals surface area contributed by atoms with E-state index in [4.69, 9.17) is 4.74 Å². The lowest BCUT2D eigenvalue weighted by molar-refractivity contribution is -0.122. The van der Waals surface area contributed by atoms with Crippen molar-refractivity contribution in [2.75, 3.05) is 20.3 Å². The van der Waals surface area contributed by atoms with Crippen LogP contribution in [0.5, 0.6) is 0 Å². The van der Waals surface area contributed by atoms with Gasteiger partial charge in [-0.3, -0.25) is 4.79 Å². The minimum Gasteiger partial charge on any atom is -0.384 e. The fraction of sp³-hybridized carbons (Fsp3) is 0.750. The zero-order chi connectivity index (χ0) is 11.3. The van der Waals surface area contributed by atoms with E-state index in [1.54, 1.807) is 7.11 Å². The Bertz CT molecular complexity index is 238. The fourth-order valence-corrected chi connectivity index (χ4v) is 2.08. The van der Waals surface area contributed by atoms with Crippen LogP contribution in [0.4, 0.5) is 0 Å². The average Bonchev–Trinajstić information content (AvgIpc) is 2.73. The number of nitrogens with zero attached hydrogens (tertiary/aromatic N) is 1. The Hall–Kier alpha value is -0.830. The predicted octanol–water partition coefficient (Wildman–Crippen LogP) is 1.98. The highest BCUT2D eigenvalue weighted by Crippen LogP contribution is 2.24. The molecule has 3 nitrogen and oxygen atoms in total. The van der Waals surface area contributed by atoms with Crippen LogP contribution in [-0.4, -0.2) is 37.0 Å². The zero-order valence-electron chi connectivity index (χ0n) is 9.79. The first-order valence-corrected chi connectivity index (χ1v) is 5.66. The molecule has 0 aromatic carbocycles. The molecule has 1 aliphatic heterocycles. The van der Waals surface area contributed by atoms with Crippen molar-refractivity contribution in [3.05, 3.63) is 12.3 Å². The van der Waals surface area contributed by atoms with Crippen molar-refractivity contribution < 1.29 is 9.53 Å². The lowest BCUT2D eigenvalue weighted by atomic mass is 10.1. The molecule has 86 valence electrons. The molecule has 0 N–H and O–H groups in total. The van der Waals surface area contributed by atoms with E-state index in [1.165, 1.54) is 0 Å². The Morgan fingerprint density at radius 3 is 2.93 bits per heavy atom. The van der Waals surface area contributed by atoms with Crippen molar-refractivity contribution in [1.82, 2.24) is 4.90 Å². The highest BCUT2D eigenvalue weighted by Gasteiger charge is 2.29. The van der Waals surface area contributed by atoms with Crippen LogP contribution in [-0.2, 0) is 9.53 Å². The van der Waals surface area contributed by atoms with Gasteiger partial charge in [0, 0.05) is 32.2 Å². The lowest BCUT2D eigenvalue weighted by Gasteiger charge is -2.27. The standard InChI is InChI=1S/C12H21NO2/c1-4-12(14)11-6-5-8-13(11)10(2)7-9-15-3/h11H,2,4-9H2,1,3H3. The summed E-state index contributed by atoms with van der Waals surface area (Å²) < 4.78 is 5.02. The highest BCUT2D eigenvalue weighted by atomic mass is 16.5. The third-order valence-electron chi connectivity index (χ3n) is 2.97. The summed E-state index contributed by atoms with van der Waals surface area (Å²) in [5, 5.41) is 0. The van der Waals surface area contributed by atoms with Crippen LogP contribution in [0.1, 0.15) is 32.6 Å². The molecule has 15 heavy (non-hydrogen) atoms. The van der Waals surface area contributed by atoms with E-state index in [9.17, 15) is 4.79 Å². The minimum atomic E-state index is 0.0827. The molecule has 1 aliphatic rings. The third-order valence-corrected chi connectivity index (χ3v) is 2.97. The van der Waals surface area contributed by atoms with Gasteiger partial charge in [-0.05, 0) is 12.8 Å². The molecule has 1 unspecified atom stereocenters. The predicted molar refractivity (Wildman–Crippen MR) is 60.7 cm³/mol. The van der Waals surface area contributed by atoms with Gasteiger partial charge in [-0.1, -0.05) is 13.5 Å². The van der Waals surface area contributed by atoms with E-state index in [0.29, 0.717) is 18.8 Å². The molecule has 0 aliphatic carbocycles. The van der Waals surface area contributed by atoms with Crippen molar-refractivity contribution in [2.24, 2.45) is 0 Å². The molecule has 1 saturated heterocycles. The summed E-state index contributed by atoms with van der Waals surface area (Å²) in [6.07, 6.45) is 3.53. The van der Waals surface area contributed by atoms with Gasteiger partial charge in [0.15, 0.2) is 5.78 Å². The number of methoxy groups -OCH3 is 1. The highest BCUT2D eigenvalue weighted by molar-refractivity contribution is 5.84. The Balaban J connectivity index is 2.52. The second-order valence-electron chi connectivity index (χ2n) is 3.98. The largest absolute Gasteiger partial charge is 0.384 e. The van der Waals surface area contributed by atoms with Crippen LogP contribution in [0.3, 0.4) is 0 Å². The number of rotatable bonds is 6. The number of carbonyl (C=O) groups is 1. The molecule has 0 bridgehead atoms. The normalized spacial score (nSPS) is 20.7. The Kier molecular flexibility index (Phi) is 4.82. The van der Waals surface area contributed by atoms with Crippen LogP contribution in [0, 0.1) is 0 Å². The van der Waals surface area contributed by atoms with Gasteiger partial charge in [0.05, 0.1) is 12.6 Å². The van der Waals surface area contributed by atoms with Crippen molar-refractivity contribution in [2.45, 2.75) is 38.6 Å². The van der Waals surface area contributed by atoms with E-state index in [0.717, 1.165) is 31.5 Å². The summed E-state index contributed by atoms with van der Waals surface area (Å²) in [4.78, 5) is 13.8. The minimum absolute atomic E-state index is 0.0827. The summed E-state index contributed by atoms with van der Waals surface area (Å²) in [5.74, 6) is 0.339. The Morgan fingerprint density at radius 1 is 1.60 bits per heavy atom. The van der Waals surface area contributed by atoms with Gasteiger partial charge in [-0.2, -0.15) is 0 Å². The van der Waals surface area contributed by atoms with Crippen molar-refractivity contribution in [3.8, 4) is 0 Å². The van der Waals surface area contributed by atoms with Crippen molar-refractivity contribution in [1.29, 1.82) is 0 Å². The Labute approximate surface area is 92.1 Å². The number of Topliss-reactive ketones (excluding diaryl/α,β-unsaturated/α-hetero) is 1. The molecular formula is C12H21NO2. The Morgan fingerprint density at radius 2 is 2.33 bits per heavy atom. The molecule has 3 heteroatoms. The second kappa shape index (κ2) is 5.91. The zero-order valence-corrected chi connectivity index (χ0v) is 9.79. The van der Waals surface area contributed by atoms with E-state index < -0.39 is 0 Å². The van der Waals surface area contributed by atoms with Gasteiger partial charge in [0.1, 0.15) is 0 Å². The number of ketones is 1. The van der Waals surface area contributed by atoms with Gasteiger partial charge >= 0.3 is 0 Å². The molecule has 0 saturated carbocycles. The third kappa shape index (κ3) is 3.06. The molecule has 0 spiro atoms. The van der Waals surface area contributed by atoms with Gasteiger partial charge in [-0.25, -0.2) is 0 Å². The van der Waals surface area contributed by atoms with Crippen LogP contribution in [0.2, 0.25) is 0 Å². The maximum absolute atomic E-state index is 11.7. The van der Waals surface area contributed by atoms with Crippen LogP contribution in [0.15, 0.2) is 12.3 Å². The fourth-order valence-electron chi connectivity index (χ4n) is 2.08. The molecular weight excluding hydrogens is 190 g/mol. The summed E-state index contributed by atoms with van der Waals surface area (Å²) in [6, 6.07) is 0.0827. The van der Waals surface area contributed by atoms with E-state index in [-0.39, 0.29) is 6.04 Å². The number of hydrogen-bond donors (Lipinski definition) is 0. The summed E-state index contributed by atoms with van der Waals surface area (Å²) >= 11 is 0.